The minimum Gasteiger partial charge on any atom is -0.497 e. The van der Waals surface area contributed by atoms with Gasteiger partial charge in [-0.25, -0.2) is 5.43 Å². The van der Waals surface area contributed by atoms with E-state index in [2.05, 4.69) is 10.5 Å². The van der Waals surface area contributed by atoms with Crippen molar-refractivity contribution in [2.45, 2.75) is 0 Å². The van der Waals surface area contributed by atoms with Crippen LogP contribution < -0.4 is 14.9 Å². The molecule has 0 aliphatic rings. The summed E-state index contributed by atoms with van der Waals surface area (Å²) < 4.78 is 10.2. The van der Waals surface area contributed by atoms with Gasteiger partial charge in [0.05, 0.1) is 20.4 Å². The minimum atomic E-state index is -0.325. The number of carbonyl (C=O) groups is 1. The molecule has 0 aliphatic heterocycles. The molecule has 1 aromatic heterocycles. The van der Waals surface area contributed by atoms with Crippen molar-refractivity contribution >= 4 is 23.5 Å². The second-order valence-electron chi connectivity index (χ2n) is 3.86. The number of methoxy groups -OCH3 is 2. The summed E-state index contributed by atoms with van der Waals surface area (Å²) in [6, 6.07) is 6.86. The molecule has 0 unspecified atom stereocenters. The van der Waals surface area contributed by atoms with E-state index < -0.39 is 0 Å². The van der Waals surface area contributed by atoms with Crippen molar-refractivity contribution in [1.29, 1.82) is 0 Å². The zero-order chi connectivity index (χ0) is 14.4. The van der Waals surface area contributed by atoms with Crippen LogP contribution in [0.3, 0.4) is 0 Å². The highest BCUT2D eigenvalue weighted by Crippen LogP contribution is 2.22. The van der Waals surface area contributed by atoms with Gasteiger partial charge in [-0.1, -0.05) is 0 Å². The molecule has 1 amide bonds. The quantitative estimate of drug-likeness (QED) is 0.680. The highest BCUT2D eigenvalue weighted by molar-refractivity contribution is 7.08. The summed E-state index contributed by atoms with van der Waals surface area (Å²) in [5, 5.41) is 7.78. The summed E-state index contributed by atoms with van der Waals surface area (Å²) in [5.74, 6) is 0.779. The summed E-state index contributed by atoms with van der Waals surface area (Å²) in [7, 11) is 3.07. The maximum Gasteiger partial charge on any atom is 0.271 e. The van der Waals surface area contributed by atoms with Crippen molar-refractivity contribution in [1.82, 2.24) is 5.43 Å². The fourth-order valence-electron chi connectivity index (χ4n) is 1.52. The predicted octanol–water partition coefficient (Wildman–Crippen LogP) is 2.53. The third-order valence-corrected chi connectivity index (χ3v) is 3.24. The molecule has 0 spiro atoms. The topological polar surface area (TPSA) is 59.9 Å². The Hall–Kier alpha value is -2.34. The highest BCUT2D eigenvalue weighted by atomic mass is 32.1. The van der Waals surface area contributed by atoms with Crippen LogP contribution in [-0.2, 0) is 0 Å². The van der Waals surface area contributed by atoms with Gasteiger partial charge in [-0.2, -0.15) is 16.4 Å². The molecule has 0 bridgehead atoms. The molecule has 1 aromatic carbocycles. The first-order chi connectivity index (χ1) is 9.72. The monoisotopic (exact) mass is 290 g/mol. The van der Waals surface area contributed by atoms with Crippen molar-refractivity contribution in [3.8, 4) is 11.5 Å². The van der Waals surface area contributed by atoms with Crippen LogP contribution in [0.2, 0.25) is 0 Å². The molecule has 5 nitrogen and oxygen atoms in total. The van der Waals surface area contributed by atoms with Crippen LogP contribution in [0.1, 0.15) is 15.9 Å². The standard InChI is InChI=1S/C14H14N2O3S/c1-18-12-5-11(6-13(7-12)19-2)14(17)16-15-8-10-3-4-20-9-10/h3-9H,1-2H3,(H,16,17)/b15-8-. The molecule has 104 valence electrons. The molecule has 1 heterocycles. The number of carbonyl (C=O) groups excluding carboxylic acids is 1. The first kappa shape index (κ1) is 14.1. The van der Waals surface area contributed by atoms with Gasteiger partial charge in [0.25, 0.3) is 5.91 Å². The van der Waals surface area contributed by atoms with Crippen molar-refractivity contribution in [2.24, 2.45) is 5.10 Å². The van der Waals surface area contributed by atoms with Crippen molar-refractivity contribution in [3.05, 3.63) is 46.2 Å². The Morgan fingerprint density at radius 2 is 1.95 bits per heavy atom. The van der Waals surface area contributed by atoms with E-state index in [-0.39, 0.29) is 5.91 Å². The summed E-state index contributed by atoms with van der Waals surface area (Å²) >= 11 is 1.57. The first-order valence-corrected chi connectivity index (χ1v) is 6.76. The Balaban J connectivity index is 2.08. The summed E-state index contributed by atoms with van der Waals surface area (Å²) in [6.45, 7) is 0. The summed E-state index contributed by atoms with van der Waals surface area (Å²) in [5.41, 5.74) is 3.83. The number of thiophene rings is 1. The number of ether oxygens (including phenoxy) is 2. The molecule has 0 fully saturated rings. The van der Waals surface area contributed by atoms with Crippen LogP contribution in [0.25, 0.3) is 0 Å². The van der Waals surface area contributed by atoms with Gasteiger partial charge in [-0.15, -0.1) is 0 Å². The van der Waals surface area contributed by atoms with E-state index in [1.165, 1.54) is 14.2 Å². The SMILES string of the molecule is COc1cc(OC)cc(C(=O)N/N=C\c2ccsc2)c1. The molecule has 0 saturated carbocycles. The Kier molecular flexibility index (Phi) is 4.73. The molecule has 0 saturated heterocycles. The number of hydrazone groups is 1. The first-order valence-electron chi connectivity index (χ1n) is 5.81. The van der Waals surface area contributed by atoms with E-state index in [4.69, 9.17) is 9.47 Å². The van der Waals surface area contributed by atoms with Crippen molar-refractivity contribution in [3.63, 3.8) is 0 Å². The number of rotatable bonds is 5. The van der Waals surface area contributed by atoms with Crippen LogP contribution in [0.5, 0.6) is 11.5 Å². The van der Waals surface area contributed by atoms with Gasteiger partial charge in [0.15, 0.2) is 0 Å². The molecule has 0 atom stereocenters. The lowest BCUT2D eigenvalue weighted by molar-refractivity contribution is 0.0954. The summed E-state index contributed by atoms with van der Waals surface area (Å²) in [4.78, 5) is 12.0. The number of hydrogen-bond donors (Lipinski definition) is 1. The van der Waals surface area contributed by atoms with Crippen LogP contribution in [0, 0.1) is 0 Å². The molecule has 0 aliphatic carbocycles. The zero-order valence-electron chi connectivity index (χ0n) is 11.1. The second-order valence-corrected chi connectivity index (χ2v) is 4.64. The van der Waals surface area contributed by atoms with Crippen LogP contribution in [0.15, 0.2) is 40.1 Å². The van der Waals surface area contributed by atoms with Crippen molar-refractivity contribution < 1.29 is 14.3 Å². The fourth-order valence-corrected chi connectivity index (χ4v) is 2.13. The maximum absolute atomic E-state index is 12.0. The van der Waals surface area contributed by atoms with Crippen LogP contribution >= 0.6 is 11.3 Å². The van der Waals surface area contributed by atoms with E-state index in [0.29, 0.717) is 17.1 Å². The lowest BCUT2D eigenvalue weighted by Crippen LogP contribution is -2.17. The molecule has 6 heteroatoms. The Bertz CT molecular complexity index is 587. The third-order valence-electron chi connectivity index (χ3n) is 2.54. The average Bonchev–Trinajstić information content (AvgIpc) is 2.99. The largest absolute Gasteiger partial charge is 0.497 e. The average molecular weight is 290 g/mol. The maximum atomic E-state index is 12.0. The van der Waals surface area contributed by atoms with Gasteiger partial charge < -0.3 is 9.47 Å². The van der Waals surface area contributed by atoms with Crippen LogP contribution in [-0.4, -0.2) is 26.3 Å². The number of amides is 1. The molecular formula is C14H14N2O3S. The van der Waals surface area contributed by atoms with E-state index in [0.717, 1.165) is 5.56 Å². The van der Waals surface area contributed by atoms with E-state index in [1.807, 2.05) is 16.8 Å². The normalized spacial score (nSPS) is 10.5. The molecule has 0 radical (unpaired) electrons. The fraction of sp³-hybridized carbons (Fsp3) is 0.143. The van der Waals surface area contributed by atoms with Gasteiger partial charge in [0.1, 0.15) is 11.5 Å². The number of hydrogen-bond acceptors (Lipinski definition) is 5. The predicted molar refractivity (Wildman–Crippen MR) is 78.9 cm³/mol. The summed E-state index contributed by atoms with van der Waals surface area (Å²) in [6.07, 6.45) is 1.59. The van der Waals surface area contributed by atoms with Crippen molar-refractivity contribution in [2.75, 3.05) is 14.2 Å². The number of nitrogens with one attached hydrogen (secondary N) is 1. The smallest absolute Gasteiger partial charge is 0.271 e. The molecule has 2 aromatic rings. The molecule has 2 rings (SSSR count). The van der Waals surface area contributed by atoms with Gasteiger partial charge in [0, 0.05) is 17.2 Å². The van der Waals surface area contributed by atoms with Gasteiger partial charge >= 0.3 is 0 Å². The Morgan fingerprint density at radius 3 is 2.50 bits per heavy atom. The van der Waals surface area contributed by atoms with Gasteiger partial charge in [-0.05, 0) is 29.0 Å². The molecular weight excluding hydrogens is 276 g/mol. The van der Waals surface area contributed by atoms with E-state index >= 15 is 0 Å². The highest BCUT2D eigenvalue weighted by Gasteiger charge is 2.08. The number of nitrogens with zero attached hydrogens (tertiary/aromatic N) is 1. The minimum absolute atomic E-state index is 0.325. The number of benzene rings is 1. The molecule has 20 heavy (non-hydrogen) atoms. The third kappa shape index (κ3) is 3.58. The lowest BCUT2D eigenvalue weighted by Gasteiger charge is -2.07. The van der Waals surface area contributed by atoms with Gasteiger partial charge in [0.2, 0.25) is 0 Å². The zero-order valence-corrected chi connectivity index (χ0v) is 11.9. The Labute approximate surface area is 120 Å². The van der Waals surface area contributed by atoms with Crippen LogP contribution in [0.4, 0.5) is 0 Å². The van der Waals surface area contributed by atoms with E-state index in [9.17, 15) is 4.79 Å². The lowest BCUT2D eigenvalue weighted by atomic mass is 10.2. The van der Waals surface area contributed by atoms with E-state index in [1.54, 1.807) is 35.8 Å². The van der Waals surface area contributed by atoms with Gasteiger partial charge in [-0.3, -0.25) is 4.79 Å². The Morgan fingerprint density at radius 1 is 1.25 bits per heavy atom. The second kappa shape index (κ2) is 6.72. The molecule has 1 N–H and O–H groups in total.